The third kappa shape index (κ3) is 2.68. The molecule has 3 aromatic rings. The highest BCUT2D eigenvalue weighted by molar-refractivity contribution is 9.10. The molecule has 108 valence electrons. The van der Waals surface area contributed by atoms with E-state index in [-0.39, 0.29) is 11.4 Å². The van der Waals surface area contributed by atoms with Crippen molar-refractivity contribution in [2.24, 2.45) is 0 Å². The summed E-state index contributed by atoms with van der Waals surface area (Å²) in [6, 6.07) is 6.00. The molecular weight excluding hydrogens is 352 g/mol. The molecule has 0 aromatic carbocycles. The Hall–Kier alpha value is -1.46. The Bertz CT molecular complexity index is 770. The van der Waals surface area contributed by atoms with Crippen molar-refractivity contribution >= 4 is 38.7 Å². The molecule has 2 atom stereocenters. The minimum atomic E-state index is -0.197. The Morgan fingerprint density at radius 3 is 2.76 bits per heavy atom. The molecule has 4 nitrogen and oxygen atoms in total. The van der Waals surface area contributed by atoms with Crippen LogP contribution in [0.4, 0.5) is 0 Å². The van der Waals surface area contributed by atoms with E-state index in [1.54, 1.807) is 12.4 Å². The summed E-state index contributed by atoms with van der Waals surface area (Å²) in [5.41, 5.74) is 2.76. The number of aromatic nitrogens is 4. The van der Waals surface area contributed by atoms with Crippen molar-refractivity contribution in [3.05, 3.63) is 52.7 Å². The average molecular weight is 366 g/mol. The van der Waals surface area contributed by atoms with Gasteiger partial charge in [-0.15, -0.1) is 11.6 Å². The van der Waals surface area contributed by atoms with Crippen molar-refractivity contribution in [2.45, 2.75) is 25.3 Å². The number of halogens is 2. The first-order chi connectivity index (χ1) is 10.1. The third-order valence-corrected chi connectivity index (χ3v) is 4.06. The molecule has 3 heterocycles. The topological polar surface area (TPSA) is 43.6 Å². The van der Waals surface area contributed by atoms with E-state index >= 15 is 0 Å². The predicted octanol–water partition coefficient (Wildman–Crippen LogP) is 4.50. The number of alkyl halides is 1. The minimum absolute atomic E-state index is 0.0635. The molecule has 0 fully saturated rings. The standard InChI is InChI=1S/C15H14BrClN4/c1-9(17)14-20-13-6-12(16)8-19-15(13)21(14)10(2)11-4-3-5-18-7-11/h3-10H,1-2H3. The Morgan fingerprint density at radius 1 is 1.29 bits per heavy atom. The van der Waals surface area contributed by atoms with Gasteiger partial charge in [-0.05, 0) is 47.5 Å². The third-order valence-electron chi connectivity index (χ3n) is 3.43. The molecule has 0 N–H and O–H groups in total. The van der Waals surface area contributed by atoms with Crippen molar-refractivity contribution in [3.8, 4) is 0 Å². The van der Waals surface area contributed by atoms with Gasteiger partial charge in [-0.1, -0.05) is 6.07 Å². The summed E-state index contributed by atoms with van der Waals surface area (Å²) >= 11 is 9.74. The molecule has 0 aliphatic heterocycles. The maximum Gasteiger partial charge on any atom is 0.160 e. The van der Waals surface area contributed by atoms with Gasteiger partial charge in [-0.3, -0.25) is 4.98 Å². The summed E-state index contributed by atoms with van der Waals surface area (Å²) in [5.74, 6) is 0.814. The second-order valence-electron chi connectivity index (χ2n) is 4.91. The van der Waals surface area contributed by atoms with Gasteiger partial charge in [0.05, 0.1) is 11.4 Å². The van der Waals surface area contributed by atoms with Gasteiger partial charge in [0.15, 0.2) is 5.65 Å². The molecule has 0 saturated heterocycles. The SMILES string of the molecule is CC(Cl)c1nc2cc(Br)cnc2n1C(C)c1cccnc1. The summed E-state index contributed by atoms with van der Waals surface area (Å²) in [6.45, 7) is 4.02. The van der Waals surface area contributed by atoms with E-state index < -0.39 is 0 Å². The Labute approximate surface area is 136 Å². The van der Waals surface area contributed by atoms with Gasteiger partial charge in [-0.25, -0.2) is 9.97 Å². The monoisotopic (exact) mass is 364 g/mol. The van der Waals surface area contributed by atoms with E-state index in [4.69, 9.17) is 11.6 Å². The molecule has 0 amide bonds. The highest BCUT2D eigenvalue weighted by atomic mass is 79.9. The summed E-state index contributed by atoms with van der Waals surface area (Å²) in [5, 5.41) is -0.197. The van der Waals surface area contributed by atoms with Gasteiger partial charge in [0, 0.05) is 23.1 Å². The second kappa shape index (κ2) is 5.73. The van der Waals surface area contributed by atoms with E-state index in [9.17, 15) is 0 Å². The fraction of sp³-hybridized carbons (Fsp3) is 0.267. The Morgan fingerprint density at radius 2 is 2.10 bits per heavy atom. The smallest absolute Gasteiger partial charge is 0.160 e. The number of rotatable bonds is 3. The van der Waals surface area contributed by atoms with Gasteiger partial charge < -0.3 is 4.57 Å². The van der Waals surface area contributed by atoms with E-state index in [0.717, 1.165) is 27.0 Å². The van der Waals surface area contributed by atoms with Crippen LogP contribution in [-0.4, -0.2) is 19.5 Å². The summed E-state index contributed by atoms with van der Waals surface area (Å²) in [7, 11) is 0. The molecule has 3 rings (SSSR count). The maximum atomic E-state index is 6.31. The lowest BCUT2D eigenvalue weighted by Crippen LogP contribution is -2.12. The number of fused-ring (bicyclic) bond motifs is 1. The van der Waals surface area contributed by atoms with Crippen LogP contribution < -0.4 is 0 Å². The minimum Gasteiger partial charge on any atom is -0.304 e. The van der Waals surface area contributed by atoms with Crippen LogP contribution >= 0.6 is 27.5 Å². The highest BCUT2D eigenvalue weighted by Crippen LogP contribution is 2.30. The first-order valence-electron chi connectivity index (χ1n) is 6.65. The molecule has 0 aliphatic rings. The van der Waals surface area contributed by atoms with Gasteiger partial charge in [0.25, 0.3) is 0 Å². The number of imidazole rings is 1. The average Bonchev–Trinajstić information content (AvgIpc) is 2.86. The van der Waals surface area contributed by atoms with Crippen molar-refractivity contribution in [2.75, 3.05) is 0 Å². The van der Waals surface area contributed by atoms with Crippen LogP contribution in [0, 0.1) is 0 Å². The van der Waals surface area contributed by atoms with E-state index in [0.29, 0.717) is 0 Å². The van der Waals surface area contributed by atoms with Crippen LogP contribution in [0.25, 0.3) is 11.2 Å². The van der Waals surface area contributed by atoms with Crippen molar-refractivity contribution < 1.29 is 0 Å². The molecule has 0 saturated carbocycles. The van der Waals surface area contributed by atoms with Crippen molar-refractivity contribution in [1.29, 1.82) is 0 Å². The van der Waals surface area contributed by atoms with Gasteiger partial charge in [0.2, 0.25) is 0 Å². The van der Waals surface area contributed by atoms with E-state index in [1.165, 1.54) is 0 Å². The molecular formula is C15H14BrClN4. The molecule has 6 heteroatoms. The highest BCUT2D eigenvalue weighted by Gasteiger charge is 2.21. The number of hydrogen-bond acceptors (Lipinski definition) is 3. The second-order valence-corrected chi connectivity index (χ2v) is 6.48. The molecule has 0 aliphatic carbocycles. The van der Waals surface area contributed by atoms with Crippen molar-refractivity contribution in [1.82, 2.24) is 19.5 Å². The Kier molecular flexibility index (Phi) is 3.95. The largest absolute Gasteiger partial charge is 0.304 e. The first-order valence-corrected chi connectivity index (χ1v) is 7.88. The van der Waals surface area contributed by atoms with E-state index in [1.807, 2.05) is 31.3 Å². The summed E-state index contributed by atoms with van der Waals surface area (Å²) in [6.07, 6.45) is 5.40. The first kappa shape index (κ1) is 14.5. The fourth-order valence-electron chi connectivity index (χ4n) is 2.41. The Balaban J connectivity index is 2.22. The normalized spacial score (nSPS) is 14.3. The van der Waals surface area contributed by atoms with Crippen LogP contribution in [0.2, 0.25) is 0 Å². The van der Waals surface area contributed by atoms with Crippen molar-refractivity contribution in [3.63, 3.8) is 0 Å². The molecule has 0 radical (unpaired) electrons. The lowest BCUT2D eigenvalue weighted by atomic mass is 10.1. The zero-order valence-electron chi connectivity index (χ0n) is 11.7. The summed E-state index contributed by atoms with van der Waals surface area (Å²) < 4.78 is 2.98. The van der Waals surface area contributed by atoms with Gasteiger partial charge >= 0.3 is 0 Å². The predicted molar refractivity (Wildman–Crippen MR) is 87.5 cm³/mol. The van der Waals surface area contributed by atoms with Crippen LogP contribution in [0.5, 0.6) is 0 Å². The zero-order valence-corrected chi connectivity index (χ0v) is 14.0. The molecule has 2 unspecified atom stereocenters. The van der Waals surface area contributed by atoms with Gasteiger partial charge in [-0.2, -0.15) is 0 Å². The molecule has 0 bridgehead atoms. The zero-order chi connectivity index (χ0) is 15.0. The van der Waals surface area contributed by atoms with Crippen LogP contribution in [0.1, 0.15) is 36.7 Å². The van der Waals surface area contributed by atoms with Gasteiger partial charge in [0.1, 0.15) is 11.3 Å². The quantitative estimate of drug-likeness (QED) is 0.642. The maximum absolute atomic E-state index is 6.31. The molecule has 3 aromatic heterocycles. The number of hydrogen-bond donors (Lipinski definition) is 0. The van der Waals surface area contributed by atoms with Crippen LogP contribution in [0.15, 0.2) is 41.3 Å². The summed E-state index contributed by atoms with van der Waals surface area (Å²) in [4.78, 5) is 13.3. The lowest BCUT2D eigenvalue weighted by Gasteiger charge is -2.18. The fourth-order valence-corrected chi connectivity index (χ4v) is 2.88. The van der Waals surface area contributed by atoms with E-state index in [2.05, 4.69) is 42.4 Å². The lowest BCUT2D eigenvalue weighted by molar-refractivity contribution is 0.612. The van der Waals surface area contributed by atoms with Crippen LogP contribution in [0.3, 0.4) is 0 Å². The molecule has 0 spiro atoms. The molecule has 21 heavy (non-hydrogen) atoms. The van der Waals surface area contributed by atoms with Crippen LogP contribution in [-0.2, 0) is 0 Å². The number of pyridine rings is 2. The number of nitrogens with zero attached hydrogens (tertiary/aromatic N) is 4.